The van der Waals surface area contributed by atoms with Gasteiger partial charge in [-0.25, -0.2) is 4.98 Å². The van der Waals surface area contributed by atoms with Gasteiger partial charge in [-0.05, 0) is 51.5 Å². The monoisotopic (exact) mass is 319 g/mol. The first kappa shape index (κ1) is 15.9. The highest BCUT2D eigenvalue weighted by atomic mass is 32.1. The molecule has 2 rings (SSSR count). The maximum atomic E-state index is 5.85. The average molecular weight is 319 g/mol. The first-order valence-electron chi connectivity index (χ1n) is 6.96. The smallest absolute Gasteiger partial charge is 0.136 e. The Bertz CT molecular complexity index is 662. The van der Waals surface area contributed by atoms with E-state index in [2.05, 4.69) is 36.3 Å². The van der Waals surface area contributed by atoms with Gasteiger partial charge in [-0.2, -0.15) is 0 Å². The number of hydrogen-bond acceptors (Lipinski definition) is 4. The van der Waals surface area contributed by atoms with Crippen molar-refractivity contribution in [2.45, 2.75) is 40.2 Å². The van der Waals surface area contributed by atoms with Crippen LogP contribution in [-0.4, -0.2) is 16.0 Å². The van der Waals surface area contributed by atoms with Gasteiger partial charge in [0.2, 0.25) is 0 Å². The molecule has 0 amide bonds. The number of nitrogens with two attached hydrogens (primary N) is 1. The van der Waals surface area contributed by atoms with Crippen molar-refractivity contribution >= 4 is 34.4 Å². The zero-order chi connectivity index (χ0) is 15.6. The third-order valence-electron chi connectivity index (χ3n) is 3.28. The van der Waals surface area contributed by atoms with Gasteiger partial charge < -0.3 is 11.1 Å². The number of aromatic nitrogens is 1. The van der Waals surface area contributed by atoms with Crippen LogP contribution in [0.2, 0.25) is 0 Å². The minimum Gasteiger partial charge on any atom is -0.389 e. The molecule has 0 fully saturated rings. The van der Waals surface area contributed by atoms with E-state index >= 15 is 0 Å². The molecule has 0 aromatic carbocycles. The summed E-state index contributed by atoms with van der Waals surface area (Å²) in [6.45, 7) is 8.27. The minimum atomic E-state index is 0.268. The van der Waals surface area contributed by atoms with E-state index in [1.54, 1.807) is 0 Å². The maximum Gasteiger partial charge on any atom is 0.136 e. The Morgan fingerprint density at radius 3 is 2.67 bits per heavy atom. The summed E-state index contributed by atoms with van der Waals surface area (Å²) in [6.07, 6.45) is 0.962. The molecule has 0 saturated carbocycles. The van der Waals surface area contributed by atoms with Crippen molar-refractivity contribution in [2.24, 2.45) is 5.73 Å². The Kier molecular flexibility index (Phi) is 4.96. The summed E-state index contributed by atoms with van der Waals surface area (Å²) < 4.78 is 0. The van der Waals surface area contributed by atoms with Crippen LogP contribution in [0.5, 0.6) is 0 Å². The molecular formula is C16H21N3S2. The van der Waals surface area contributed by atoms with Gasteiger partial charge in [0.25, 0.3) is 0 Å². The zero-order valence-electron chi connectivity index (χ0n) is 12.9. The Hall–Kier alpha value is -1.46. The number of thiocarbonyl (C=S) groups is 1. The first-order valence-corrected chi connectivity index (χ1v) is 8.19. The standard InChI is InChI=1S/C16H21N3S2/c1-9-7-10(2)18-16(14(9)15(17)20)19-11(3)8-13-6-5-12(4)21-13/h5-7,11H,8H2,1-4H3,(H2,17,20)(H,18,19). The summed E-state index contributed by atoms with van der Waals surface area (Å²) in [7, 11) is 0. The van der Waals surface area contributed by atoms with Gasteiger partial charge in [0.1, 0.15) is 10.8 Å². The highest BCUT2D eigenvalue weighted by Gasteiger charge is 2.14. The second kappa shape index (κ2) is 6.54. The molecule has 1 unspecified atom stereocenters. The van der Waals surface area contributed by atoms with Gasteiger partial charge in [0.05, 0.1) is 5.56 Å². The summed E-state index contributed by atoms with van der Waals surface area (Å²) >= 11 is 7.00. The molecule has 0 aliphatic rings. The van der Waals surface area contributed by atoms with Crippen LogP contribution >= 0.6 is 23.6 Å². The molecule has 5 heteroatoms. The normalized spacial score (nSPS) is 12.2. The van der Waals surface area contributed by atoms with Crippen molar-refractivity contribution < 1.29 is 0 Å². The van der Waals surface area contributed by atoms with Crippen LogP contribution in [0.4, 0.5) is 5.82 Å². The Morgan fingerprint density at radius 2 is 2.10 bits per heavy atom. The minimum absolute atomic E-state index is 0.268. The van der Waals surface area contributed by atoms with Gasteiger partial charge in [-0.15, -0.1) is 11.3 Å². The SMILES string of the molecule is Cc1cc(C)c(C(N)=S)c(NC(C)Cc2ccc(C)s2)n1. The van der Waals surface area contributed by atoms with Crippen molar-refractivity contribution in [1.29, 1.82) is 0 Å². The number of rotatable bonds is 5. The molecule has 2 aromatic heterocycles. The fourth-order valence-electron chi connectivity index (χ4n) is 2.43. The van der Waals surface area contributed by atoms with E-state index in [1.165, 1.54) is 9.75 Å². The molecule has 0 bridgehead atoms. The number of nitrogens with zero attached hydrogens (tertiary/aromatic N) is 1. The number of nitrogens with one attached hydrogen (secondary N) is 1. The van der Waals surface area contributed by atoms with E-state index in [4.69, 9.17) is 18.0 Å². The Labute approximate surface area is 135 Å². The van der Waals surface area contributed by atoms with Crippen molar-refractivity contribution in [1.82, 2.24) is 4.98 Å². The van der Waals surface area contributed by atoms with E-state index in [0.717, 1.165) is 29.1 Å². The number of thiophene rings is 1. The molecule has 2 heterocycles. The lowest BCUT2D eigenvalue weighted by atomic mass is 10.1. The summed E-state index contributed by atoms with van der Waals surface area (Å²) in [5.41, 5.74) is 8.74. The number of pyridine rings is 1. The summed E-state index contributed by atoms with van der Waals surface area (Å²) in [4.78, 5) is 7.66. The maximum absolute atomic E-state index is 5.85. The van der Waals surface area contributed by atoms with Gasteiger partial charge in [-0.3, -0.25) is 0 Å². The fraction of sp³-hybridized carbons (Fsp3) is 0.375. The molecule has 0 aliphatic heterocycles. The largest absolute Gasteiger partial charge is 0.389 e. The highest BCUT2D eigenvalue weighted by molar-refractivity contribution is 7.80. The second-order valence-electron chi connectivity index (χ2n) is 5.43. The third kappa shape index (κ3) is 4.02. The topological polar surface area (TPSA) is 50.9 Å². The summed E-state index contributed by atoms with van der Waals surface area (Å²) in [6, 6.07) is 6.61. The van der Waals surface area contributed by atoms with Crippen LogP contribution in [-0.2, 0) is 6.42 Å². The number of hydrogen-bond donors (Lipinski definition) is 2. The molecule has 0 aliphatic carbocycles. The molecule has 0 spiro atoms. The van der Waals surface area contributed by atoms with Crippen LogP contribution in [0, 0.1) is 20.8 Å². The van der Waals surface area contributed by atoms with Crippen molar-refractivity contribution in [3.63, 3.8) is 0 Å². The second-order valence-corrected chi connectivity index (χ2v) is 7.24. The summed E-state index contributed by atoms with van der Waals surface area (Å²) in [5, 5.41) is 3.46. The molecule has 21 heavy (non-hydrogen) atoms. The molecule has 112 valence electrons. The van der Waals surface area contributed by atoms with E-state index in [1.807, 2.05) is 31.3 Å². The number of anilines is 1. The Morgan fingerprint density at radius 1 is 1.38 bits per heavy atom. The molecular weight excluding hydrogens is 298 g/mol. The average Bonchev–Trinajstić information content (AvgIpc) is 2.72. The molecule has 2 aromatic rings. The first-order chi connectivity index (χ1) is 9.86. The third-order valence-corrected chi connectivity index (χ3v) is 4.50. The van der Waals surface area contributed by atoms with Gasteiger partial charge in [-0.1, -0.05) is 12.2 Å². The lowest BCUT2D eigenvalue weighted by Gasteiger charge is -2.18. The van der Waals surface area contributed by atoms with Crippen LogP contribution < -0.4 is 11.1 Å². The number of aryl methyl sites for hydroxylation is 3. The van der Waals surface area contributed by atoms with E-state index < -0.39 is 0 Å². The van der Waals surface area contributed by atoms with Gasteiger partial charge in [0.15, 0.2) is 0 Å². The van der Waals surface area contributed by atoms with E-state index in [0.29, 0.717) is 4.99 Å². The van der Waals surface area contributed by atoms with Crippen LogP contribution in [0.15, 0.2) is 18.2 Å². The molecule has 3 N–H and O–H groups in total. The van der Waals surface area contributed by atoms with Crippen LogP contribution in [0.3, 0.4) is 0 Å². The van der Waals surface area contributed by atoms with Crippen molar-refractivity contribution in [3.8, 4) is 0 Å². The van der Waals surface area contributed by atoms with E-state index in [-0.39, 0.29) is 6.04 Å². The van der Waals surface area contributed by atoms with Crippen LogP contribution in [0.1, 0.15) is 33.5 Å². The lowest BCUT2D eigenvalue weighted by Crippen LogP contribution is -2.23. The molecule has 0 radical (unpaired) electrons. The molecule has 1 atom stereocenters. The van der Waals surface area contributed by atoms with Gasteiger partial charge in [0, 0.05) is 27.9 Å². The quantitative estimate of drug-likeness (QED) is 0.824. The van der Waals surface area contributed by atoms with Crippen LogP contribution in [0.25, 0.3) is 0 Å². The summed E-state index contributed by atoms with van der Waals surface area (Å²) in [5.74, 6) is 0.792. The molecule has 3 nitrogen and oxygen atoms in total. The Balaban J connectivity index is 2.20. The van der Waals surface area contributed by atoms with Crippen molar-refractivity contribution in [3.05, 3.63) is 44.8 Å². The zero-order valence-corrected chi connectivity index (χ0v) is 14.5. The van der Waals surface area contributed by atoms with E-state index in [9.17, 15) is 0 Å². The van der Waals surface area contributed by atoms with Gasteiger partial charge >= 0.3 is 0 Å². The fourth-order valence-corrected chi connectivity index (χ4v) is 3.71. The molecule has 0 saturated heterocycles. The van der Waals surface area contributed by atoms with Crippen molar-refractivity contribution in [2.75, 3.05) is 5.32 Å². The predicted molar refractivity (Wildman–Crippen MR) is 95.4 cm³/mol. The predicted octanol–water partition coefficient (Wildman–Crippen LogP) is 3.75. The lowest BCUT2D eigenvalue weighted by molar-refractivity contribution is 0.792. The highest BCUT2D eigenvalue weighted by Crippen LogP contribution is 2.22.